The van der Waals surface area contributed by atoms with E-state index in [1.807, 2.05) is 60.7 Å². The Balaban J connectivity index is 1.41. The van der Waals surface area contributed by atoms with E-state index in [-0.39, 0.29) is 12.5 Å². The largest absolute Gasteiger partial charge is 0.484 e. The molecule has 6 heteroatoms. The molecule has 0 bridgehead atoms. The molecule has 4 rings (SSSR count). The van der Waals surface area contributed by atoms with Gasteiger partial charge in [0, 0.05) is 17.4 Å². The summed E-state index contributed by atoms with van der Waals surface area (Å²) in [7, 11) is 0. The Kier molecular flexibility index (Phi) is 5.30. The summed E-state index contributed by atoms with van der Waals surface area (Å²) in [5, 5.41) is 3.75. The number of hydrogen-bond acceptors (Lipinski definition) is 5. The molecule has 0 aliphatic heterocycles. The molecule has 0 radical (unpaired) electrons. The van der Waals surface area contributed by atoms with Crippen LogP contribution in [0.25, 0.3) is 20.9 Å². The summed E-state index contributed by atoms with van der Waals surface area (Å²) >= 11 is 1.53. The number of nitrogens with zero attached hydrogens (tertiary/aromatic N) is 2. The zero-order valence-corrected chi connectivity index (χ0v) is 16.2. The molecular formula is C22H19N3O2S. The number of amides is 1. The van der Waals surface area contributed by atoms with Crippen LogP contribution < -0.4 is 10.1 Å². The van der Waals surface area contributed by atoms with E-state index in [0.29, 0.717) is 11.4 Å². The van der Waals surface area contributed by atoms with Crippen LogP contribution in [0.15, 0.2) is 66.9 Å². The molecule has 2 aromatic heterocycles. The van der Waals surface area contributed by atoms with Crippen molar-refractivity contribution < 1.29 is 9.53 Å². The fraction of sp³-hybridized carbons (Fsp3) is 0.136. The topological polar surface area (TPSA) is 64.1 Å². The Hall–Kier alpha value is -3.25. The number of ether oxygens (including phenoxy) is 1. The summed E-state index contributed by atoms with van der Waals surface area (Å²) in [6.45, 7) is 2.06. The quantitative estimate of drug-likeness (QED) is 0.507. The Morgan fingerprint density at radius 1 is 1.11 bits per heavy atom. The summed E-state index contributed by atoms with van der Waals surface area (Å²) in [4.78, 5) is 22.1. The number of aryl methyl sites for hydroxylation is 1. The molecule has 0 atom stereocenters. The average molecular weight is 389 g/mol. The summed E-state index contributed by atoms with van der Waals surface area (Å²) in [5.41, 5.74) is 3.76. The summed E-state index contributed by atoms with van der Waals surface area (Å²) in [6.07, 6.45) is 2.73. The highest BCUT2D eigenvalue weighted by Gasteiger charge is 2.09. The monoisotopic (exact) mass is 389 g/mol. The van der Waals surface area contributed by atoms with Crippen LogP contribution >= 0.6 is 11.3 Å². The summed E-state index contributed by atoms with van der Waals surface area (Å²) in [6, 6.07) is 19.2. The zero-order chi connectivity index (χ0) is 19.3. The van der Waals surface area contributed by atoms with Crippen LogP contribution in [0.3, 0.4) is 0 Å². The van der Waals surface area contributed by atoms with Gasteiger partial charge in [0.15, 0.2) is 6.61 Å². The van der Waals surface area contributed by atoms with Crippen LogP contribution in [0.5, 0.6) is 5.75 Å². The second-order valence-corrected chi connectivity index (χ2v) is 7.24. The van der Waals surface area contributed by atoms with E-state index in [4.69, 9.17) is 4.74 Å². The number of carbonyl (C=O) groups excluding carboxylic acids is 1. The van der Waals surface area contributed by atoms with Crippen molar-refractivity contribution in [2.24, 2.45) is 0 Å². The number of carbonyl (C=O) groups is 1. The molecule has 28 heavy (non-hydrogen) atoms. The summed E-state index contributed by atoms with van der Waals surface area (Å²) in [5.74, 6) is 0.478. The van der Waals surface area contributed by atoms with Gasteiger partial charge in [0.25, 0.3) is 5.91 Å². The van der Waals surface area contributed by atoms with Crippen LogP contribution in [0.1, 0.15) is 12.5 Å². The molecule has 1 amide bonds. The van der Waals surface area contributed by atoms with Crippen LogP contribution in [-0.2, 0) is 11.2 Å². The van der Waals surface area contributed by atoms with Gasteiger partial charge in [-0.25, -0.2) is 9.97 Å². The first-order valence-electron chi connectivity index (χ1n) is 9.05. The third-order valence-corrected chi connectivity index (χ3v) is 5.29. The van der Waals surface area contributed by atoms with Crippen molar-refractivity contribution in [2.75, 3.05) is 11.9 Å². The van der Waals surface area contributed by atoms with E-state index in [1.54, 1.807) is 6.20 Å². The van der Waals surface area contributed by atoms with Crippen molar-refractivity contribution in [3.8, 4) is 16.3 Å². The number of nitrogens with one attached hydrogen (secondary N) is 1. The first-order valence-corrected chi connectivity index (χ1v) is 9.86. The normalized spacial score (nSPS) is 10.8. The average Bonchev–Trinajstić information content (AvgIpc) is 3.17. The lowest BCUT2D eigenvalue weighted by Crippen LogP contribution is -2.20. The van der Waals surface area contributed by atoms with E-state index in [1.165, 1.54) is 16.9 Å². The van der Waals surface area contributed by atoms with Gasteiger partial charge in [-0.3, -0.25) is 4.79 Å². The number of aromatic nitrogens is 2. The molecule has 2 heterocycles. The van der Waals surface area contributed by atoms with Crippen LogP contribution in [-0.4, -0.2) is 22.5 Å². The Labute approximate surface area is 167 Å². The first-order chi connectivity index (χ1) is 13.7. The number of anilines is 1. The van der Waals surface area contributed by atoms with Crippen molar-refractivity contribution in [1.82, 2.24) is 9.97 Å². The van der Waals surface area contributed by atoms with Gasteiger partial charge in [-0.2, -0.15) is 0 Å². The Morgan fingerprint density at radius 2 is 1.96 bits per heavy atom. The molecule has 0 saturated heterocycles. The van der Waals surface area contributed by atoms with Gasteiger partial charge >= 0.3 is 0 Å². The lowest BCUT2D eigenvalue weighted by Gasteiger charge is -2.09. The fourth-order valence-corrected chi connectivity index (χ4v) is 3.69. The molecule has 2 aromatic carbocycles. The fourth-order valence-electron chi connectivity index (χ4n) is 2.79. The first kappa shape index (κ1) is 18.1. The number of thiazole rings is 1. The number of benzene rings is 2. The highest BCUT2D eigenvalue weighted by Crippen LogP contribution is 2.30. The van der Waals surface area contributed by atoms with E-state index < -0.39 is 0 Å². The summed E-state index contributed by atoms with van der Waals surface area (Å²) < 4.78 is 5.56. The van der Waals surface area contributed by atoms with Crippen LogP contribution in [0, 0.1) is 0 Å². The number of hydrogen-bond donors (Lipinski definition) is 1. The van der Waals surface area contributed by atoms with E-state index in [0.717, 1.165) is 27.3 Å². The molecule has 0 unspecified atom stereocenters. The maximum absolute atomic E-state index is 12.2. The van der Waals surface area contributed by atoms with Crippen molar-refractivity contribution in [3.63, 3.8) is 0 Å². The van der Waals surface area contributed by atoms with E-state index in [9.17, 15) is 4.79 Å². The van der Waals surface area contributed by atoms with Gasteiger partial charge in [-0.1, -0.05) is 42.5 Å². The molecule has 1 N–H and O–H groups in total. The molecular weight excluding hydrogens is 370 g/mol. The molecule has 4 aromatic rings. The highest BCUT2D eigenvalue weighted by molar-refractivity contribution is 7.21. The van der Waals surface area contributed by atoms with Gasteiger partial charge in [-0.05, 0) is 48.4 Å². The number of rotatable bonds is 6. The number of fused-ring (bicyclic) bond motifs is 1. The second kappa shape index (κ2) is 8.19. The Morgan fingerprint density at radius 3 is 2.75 bits per heavy atom. The third-order valence-electron chi connectivity index (χ3n) is 4.26. The van der Waals surface area contributed by atoms with Crippen molar-refractivity contribution in [1.29, 1.82) is 0 Å². The predicted molar refractivity (Wildman–Crippen MR) is 113 cm³/mol. The molecule has 0 aliphatic rings. The molecule has 140 valence electrons. The van der Waals surface area contributed by atoms with E-state index >= 15 is 0 Å². The maximum atomic E-state index is 12.2. The van der Waals surface area contributed by atoms with Crippen molar-refractivity contribution in [3.05, 3.63) is 72.4 Å². The molecule has 0 saturated carbocycles. The van der Waals surface area contributed by atoms with Crippen LogP contribution in [0.2, 0.25) is 0 Å². The minimum Gasteiger partial charge on any atom is -0.484 e. The van der Waals surface area contributed by atoms with Crippen LogP contribution in [0.4, 0.5) is 5.69 Å². The smallest absolute Gasteiger partial charge is 0.262 e. The second-order valence-electron chi connectivity index (χ2n) is 6.26. The van der Waals surface area contributed by atoms with E-state index in [2.05, 4.69) is 22.2 Å². The SMILES string of the molecule is CCc1ccc(OCC(=O)Nc2cccc(-c3nc4cccnc4s3)c2)cc1. The molecule has 0 spiro atoms. The highest BCUT2D eigenvalue weighted by atomic mass is 32.1. The van der Waals surface area contributed by atoms with Crippen molar-refractivity contribution in [2.45, 2.75) is 13.3 Å². The third kappa shape index (κ3) is 4.18. The predicted octanol–water partition coefficient (Wildman–Crippen LogP) is 4.94. The Bertz CT molecular complexity index is 1070. The van der Waals surface area contributed by atoms with Gasteiger partial charge in [0.1, 0.15) is 21.1 Å². The zero-order valence-electron chi connectivity index (χ0n) is 15.4. The van der Waals surface area contributed by atoms with Gasteiger partial charge in [0.2, 0.25) is 0 Å². The maximum Gasteiger partial charge on any atom is 0.262 e. The molecule has 0 fully saturated rings. The molecule has 0 aliphatic carbocycles. The lowest BCUT2D eigenvalue weighted by molar-refractivity contribution is -0.118. The van der Waals surface area contributed by atoms with Gasteiger partial charge < -0.3 is 10.1 Å². The minimum atomic E-state index is -0.206. The standard InChI is InChI=1S/C22H19N3O2S/c1-2-15-8-10-18(11-9-15)27-14-20(26)24-17-6-3-5-16(13-17)21-25-19-7-4-12-23-22(19)28-21/h3-13H,2,14H2,1H3,(H,24,26). The van der Waals surface area contributed by atoms with Crippen molar-refractivity contribution >= 4 is 33.3 Å². The minimum absolute atomic E-state index is 0.0409. The molecule has 5 nitrogen and oxygen atoms in total. The van der Waals surface area contributed by atoms with Gasteiger partial charge in [-0.15, -0.1) is 0 Å². The lowest BCUT2D eigenvalue weighted by atomic mass is 10.2. The number of pyridine rings is 1. The van der Waals surface area contributed by atoms with Gasteiger partial charge in [0.05, 0.1) is 0 Å².